The summed E-state index contributed by atoms with van der Waals surface area (Å²) < 4.78 is 0. The van der Waals surface area contributed by atoms with Crippen LogP contribution in [0.2, 0.25) is 0 Å². The lowest BCUT2D eigenvalue weighted by molar-refractivity contribution is -0.131. The number of aliphatic hydroxyl groups is 1. The number of carbonyl (C=O) groups is 1. The van der Waals surface area contributed by atoms with E-state index in [1.165, 1.54) is 25.7 Å². The zero-order chi connectivity index (χ0) is 15.6. The third kappa shape index (κ3) is 7.24. The van der Waals surface area contributed by atoms with E-state index in [4.69, 9.17) is 0 Å². The molecule has 0 radical (unpaired) electrons. The average molecular weight is 288 g/mol. The molecule has 0 heterocycles. The van der Waals surface area contributed by atoms with Crippen LogP contribution in [0.3, 0.4) is 0 Å². The quantitative estimate of drug-likeness (QED) is 0.630. The Morgan fingerprint density at radius 2 is 1.71 bits per heavy atom. The average Bonchev–Trinajstić information content (AvgIpc) is 2.49. The van der Waals surface area contributed by atoms with Crippen LogP contribution < -0.4 is 0 Å². The van der Waals surface area contributed by atoms with Crippen LogP contribution in [0.15, 0.2) is 36.4 Å². The van der Waals surface area contributed by atoms with Crippen LogP contribution in [0.25, 0.3) is 6.08 Å². The molecule has 0 saturated heterocycles. The first-order valence-electron chi connectivity index (χ1n) is 8.06. The molecule has 0 amide bonds. The summed E-state index contributed by atoms with van der Waals surface area (Å²) in [5.74, 6) is -0.0924. The Morgan fingerprint density at radius 3 is 2.38 bits per heavy atom. The van der Waals surface area contributed by atoms with Gasteiger partial charge in [-0.15, -0.1) is 0 Å². The fourth-order valence-electron chi connectivity index (χ4n) is 2.23. The molecule has 1 unspecified atom stereocenters. The van der Waals surface area contributed by atoms with E-state index in [0.717, 1.165) is 18.4 Å². The second-order valence-corrected chi connectivity index (χ2v) is 5.83. The number of benzene rings is 1. The largest absolute Gasteiger partial charge is 0.378 e. The number of rotatable bonds is 10. The maximum atomic E-state index is 12.1. The molecule has 0 fully saturated rings. The van der Waals surface area contributed by atoms with E-state index < -0.39 is 5.60 Å². The lowest BCUT2D eigenvalue weighted by atomic mass is 9.94. The predicted molar refractivity (Wildman–Crippen MR) is 89.1 cm³/mol. The van der Waals surface area contributed by atoms with Crippen molar-refractivity contribution in [3.05, 3.63) is 42.0 Å². The number of hydrogen-bond acceptors (Lipinski definition) is 2. The molecule has 0 aromatic heterocycles. The van der Waals surface area contributed by atoms with Crippen molar-refractivity contribution in [2.45, 2.75) is 64.4 Å². The third-order valence-electron chi connectivity index (χ3n) is 3.72. The minimum absolute atomic E-state index is 0.0924. The van der Waals surface area contributed by atoms with Gasteiger partial charge in [0.2, 0.25) is 0 Å². The molecule has 1 atom stereocenters. The maximum Gasteiger partial charge on any atom is 0.168 e. The fraction of sp³-hybridized carbons (Fsp3) is 0.526. The van der Waals surface area contributed by atoms with Gasteiger partial charge in [-0.05, 0) is 25.0 Å². The normalized spacial score (nSPS) is 14.2. The Morgan fingerprint density at radius 1 is 1.10 bits per heavy atom. The van der Waals surface area contributed by atoms with Crippen molar-refractivity contribution in [1.29, 1.82) is 0 Å². The van der Waals surface area contributed by atoms with Crippen LogP contribution in [0.1, 0.15) is 64.4 Å². The van der Waals surface area contributed by atoms with Crippen molar-refractivity contribution in [2.75, 3.05) is 0 Å². The van der Waals surface area contributed by atoms with Gasteiger partial charge in [0, 0.05) is 6.42 Å². The van der Waals surface area contributed by atoms with E-state index in [-0.39, 0.29) is 5.78 Å². The van der Waals surface area contributed by atoms with Crippen molar-refractivity contribution in [3.63, 3.8) is 0 Å². The minimum Gasteiger partial charge on any atom is -0.378 e. The SMILES string of the molecule is CCCCCCCCC(=O)C(C)(O)/C=C/c1ccccc1. The monoisotopic (exact) mass is 288 g/mol. The summed E-state index contributed by atoms with van der Waals surface area (Å²) in [4.78, 5) is 12.1. The van der Waals surface area contributed by atoms with E-state index in [0.29, 0.717) is 6.42 Å². The summed E-state index contributed by atoms with van der Waals surface area (Å²) in [6.07, 6.45) is 10.7. The van der Waals surface area contributed by atoms with Crippen molar-refractivity contribution >= 4 is 11.9 Å². The Bertz CT molecular complexity index is 432. The second-order valence-electron chi connectivity index (χ2n) is 5.83. The molecular formula is C19H28O2. The van der Waals surface area contributed by atoms with E-state index in [2.05, 4.69) is 6.92 Å². The van der Waals surface area contributed by atoms with Gasteiger partial charge >= 0.3 is 0 Å². The number of hydrogen-bond donors (Lipinski definition) is 1. The number of ketones is 1. The highest BCUT2D eigenvalue weighted by atomic mass is 16.3. The Balaban J connectivity index is 2.35. The molecule has 1 N–H and O–H groups in total. The molecule has 0 bridgehead atoms. The van der Waals surface area contributed by atoms with Gasteiger partial charge in [-0.2, -0.15) is 0 Å². The molecule has 1 aromatic carbocycles. The van der Waals surface area contributed by atoms with E-state index in [1.54, 1.807) is 19.1 Å². The standard InChI is InChI=1S/C19H28O2/c1-3-4-5-6-7-11-14-18(20)19(2,21)16-15-17-12-9-8-10-13-17/h8-10,12-13,15-16,21H,3-7,11,14H2,1-2H3/b16-15+. The van der Waals surface area contributed by atoms with Gasteiger partial charge in [-0.25, -0.2) is 0 Å². The highest BCUT2D eigenvalue weighted by molar-refractivity contribution is 5.89. The number of carbonyl (C=O) groups excluding carboxylic acids is 1. The molecule has 2 nitrogen and oxygen atoms in total. The molecule has 1 rings (SSSR count). The first-order valence-corrected chi connectivity index (χ1v) is 8.06. The predicted octanol–water partition coefficient (Wildman–Crippen LogP) is 4.77. The fourth-order valence-corrected chi connectivity index (χ4v) is 2.23. The topological polar surface area (TPSA) is 37.3 Å². The van der Waals surface area contributed by atoms with Crippen LogP contribution >= 0.6 is 0 Å². The summed E-state index contributed by atoms with van der Waals surface area (Å²) in [6, 6.07) is 9.72. The number of unbranched alkanes of at least 4 members (excludes halogenated alkanes) is 5. The first-order chi connectivity index (χ1) is 10.1. The van der Waals surface area contributed by atoms with Crippen molar-refractivity contribution < 1.29 is 9.90 Å². The molecule has 116 valence electrons. The van der Waals surface area contributed by atoms with E-state index in [1.807, 2.05) is 30.3 Å². The molecule has 0 aliphatic rings. The zero-order valence-corrected chi connectivity index (χ0v) is 13.3. The minimum atomic E-state index is -1.36. The van der Waals surface area contributed by atoms with E-state index >= 15 is 0 Å². The zero-order valence-electron chi connectivity index (χ0n) is 13.3. The lowest BCUT2D eigenvalue weighted by Crippen LogP contribution is -2.32. The summed E-state index contributed by atoms with van der Waals surface area (Å²) in [6.45, 7) is 3.77. The van der Waals surface area contributed by atoms with Gasteiger partial charge in [0.25, 0.3) is 0 Å². The smallest absolute Gasteiger partial charge is 0.168 e. The molecule has 2 heteroatoms. The van der Waals surface area contributed by atoms with Gasteiger partial charge in [0.1, 0.15) is 5.60 Å². The molecule has 0 aliphatic carbocycles. The molecule has 0 aliphatic heterocycles. The lowest BCUT2D eigenvalue weighted by Gasteiger charge is -2.17. The summed E-state index contributed by atoms with van der Waals surface area (Å²) in [5, 5.41) is 10.2. The third-order valence-corrected chi connectivity index (χ3v) is 3.72. The Hall–Kier alpha value is -1.41. The highest BCUT2D eigenvalue weighted by Gasteiger charge is 2.25. The summed E-state index contributed by atoms with van der Waals surface area (Å²) in [7, 11) is 0. The molecular weight excluding hydrogens is 260 g/mol. The molecule has 0 saturated carbocycles. The van der Waals surface area contributed by atoms with Crippen LogP contribution in [0.4, 0.5) is 0 Å². The second kappa shape index (κ2) is 9.51. The highest BCUT2D eigenvalue weighted by Crippen LogP contribution is 2.16. The van der Waals surface area contributed by atoms with Crippen LogP contribution in [0.5, 0.6) is 0 Å². The summed E-state index contributed by atoms with van der Waals surface area (Å²) in [5.41, 5.74) is -0.371. The Kier molecular flexibility index (Phi) is 7.99. The van der Waals surface area contributed by atoms with Crippen LogP contribution in [0, 0.1) is 0 Å². The van der Waals surface area contributed by atoms with Crippen molar-refractivity contribution in [1.82, 2.24) is 0 Å². The first kappa shape index (κ1) is 17.6. The van der Waals surface area contributed by atoms with Gasteiger partial charge in [-0.1, -0.05) is 75.4 Å². The van der Waals surface area contributed by atoms with Crippen molar-refractivity contribution in [2.24, 2.45) is 0 Å². The maximum absolute atomic E-state index is 12.1. The Labute approximate surface area is 128 Å². The molecule has 0 spiro atoms. The van der Waals surface area contributed by atoms with E-state index in [9.17, 15) is 9.90 Å². The molecule has 21 heavy (non-hydrogen) atoms. The van der Waals surface area contributed by atoms with Crippen molar-refractivity contribution in [3.8, 4) is 0 Å². The molecule has 1 aromatic rings. The van der Waals surface area contributed by atoms with Gasteiger partial charge in [-0.3, -0.25) is 4.79 Å². The van der Waals surface area contributed by atoms with Gasteiger partial charge < -0.3 is 5.11 Å². The number of Topliss-reactive ketones (excluding diaryl/α,β-unsaturated/α-hetero) is 1. The van der Waals surface area contributed by atoms with Gasteiger partial charge in [0.15, 0.2) is 5.78 Å². The van der Waals surface area contributed by atoms with Crippen LogP contribution in [-0.4, -0.2) is 16.5 Å². The summed E-state index contributed by atoms with van der Waals surface area (Å²) >= 11 is 0. The van der Waals surface area contributed by atoms with Gasteiger partial charge in [0.05, 0.1) is 0 Å². The van der Waals surface area contributed by atoms with Crippen LogP contribution in [-0.2, 0) is 4.79 Å².